The highest BCUT2D eigenvalue weighted by Gasteiger charge is 2.22. The maximum atomic E-state index is 12.6. The molecule has 2 aromatic heterocycles. The van der Waals surface area contributed by atoms with Crippen LogP contribution in [0.25, 0.3) is 11.0 Å². The number of para-hydroxylation sites is 1. The van der Waals surface area contributed by atoms with E-state index in [0.717, 1.165) is 15.8 Å². The van der Waals surface area contributed by atoms with Gasteiger partial charge >= 0.3 is 5.97 Å². The molecule has 0 aliphatic carbocycles. The first-order valence-electron chi connectivity index (χ1n) is 7.49. The number of aryl methyl sites for hydroxylation is 1. The average Bonchev–Trinajstić information content (AvgIpc) is 2.87. The number of ether oxygens (including phenoxy) is 1. The third kappa shape index (κ3) is 3.06. The van der Waals surface area contributed by atoms with Crippen LogP contribution in [-0.4, -0.2) is 19.0 Å². The van der Waals surface area contributed by atoms with E-state index >= 15 is 0 Å². The van der Waals surface area contributed by atoms with Gasteiger partial charge in [0.25, 0.3) is 5.91 Å². The number of hydrogen-bond donors (Lipinski definition) is 2. The van der Waals surface area contributed by atoms with Crippen LogP contribution in [-0.2, 0) is 4.74 Å². The Morgan fingerprint density at radius 2 is 1.96 bits per heavy atom. The molecule has 0 saturated carbocycles. The highest BCUT2D eigenvalue weighted by molar-refractivity contribution is 7.16. The first kappa shape index (κ1) is 16.9. The van der Waals surface area contributed by atoms with Gasteiger partial charge in [0.2, 0.25) is 5.55 Å². The standard InChI is InChI=1S/C18H16N2O4S/c1-9-10(2)25-17(14(9)18(22)23-3)20-16(21)12-8-11-6-4-5-7-13(11)24-15(12)19/h4-8,19H,1-3H3,(H,20,21). The smallest absolute Gasteiger partial charge is 0.341 e. The summed E-state index contributed by atoms with van der Waals surface area (Å²) < 4.78 is 10.2. The lowest BCUT2D eigenvalue weighted by Crippen LogP contribution is -2.21. The van der Waals surface area contributed by atoms with Crippen molar-refractivity contribution in [3.8, 4) is 0 Å². The average molecular weight is 356 g/mol. The first-order valence-corrected chi connectivity index (χ1v) is 8.31. The van der Waals surface area contributed by atoms with Crippen molar-refractivity contribution in [3.63, 3.8) is 0 Å². The molecule has 0 spiro atoms. The highest BCUT2D eigenvalue weighted by atomic mass is 32.1. The van der Waals surface area contributed by atoms with Crippen LogP contribution in [0.1, 0.15) is 31.2 Å². The van der Waals surface area contributed by atoms with Crippen molar-refractivity contribution in [1.29, 1.82) is 5.41 Å². The molecule has 2 heterocycles. The number of hydrogen-bond acceptors (Lipinski definition) is 6. The number of carbonyl (C=O) groups is 2. The topological polar surface area (TPSA) is 92.4 Å². The highest BCUT2D eigenvalue weighted by Crippen LogP contribution is 2.33. The zero-order valence-corrected chi connectivity index (χ0v) is 14.7. The summed E-state index contributed by atoms with van der Waals surface area (Å²) in [5, 5.41) is 11.8. The summed E-state index contributed by atoms with van der Waals surface area (Å²) in [6.45, 7) is 3.67. The van der Waals surface area contributed by atoms with Gasteiger partial charge in [-0.15, -0.1) is 11.3 Å². The van der Waals surface area contributed by atoms with Gasteiger partial charge in [-0.05, 0) is 31.5 Å². The number of benzene rings is 1. The lowest BCUT2D eigenvalue weighted by atomic mass is 10.1. The van der Waals surface area contributed by atoms with Crippen LogP contribution in [0.4, 0.5) is 5.00 Å². The number of anilines is 1. The van der Waals surface area contributed by atoms with Crippen LogP contribution in [0.5, 0.6) is 0 Å². The number of amides is 1. The van der Waals surface area contributed by atoms with Crippen LogP contribution < -0.4 is 10.9 Å². The van der Waals surface area contributed by atoms with E-state index < -0.39 is 11.9 Å². The maximum absolute atomic E-state index is 12.6. The molecule has 0 aliphatic rings. The number of rotatable bonds is 3. The third-order valence-electron chi connectivity index (χ3n) is 3.92. The molecule has 1 amide bonds. The Morgan fingerprint density at radius 1 is 1.24 bits per heavy atom. The van der Waals surface area contributed by atoms with Crippen molar-refractivity contribution in [2.24, 2.45) is 0 Å². The van der Waals surface area contributed by atoms with Crippen molar-refractivity contribution >= 4 is 39.2 Å². The van der Waals surface area contributed by atoms with E-state index in [0.29, 0.717) is 16.1 Å². The number of thiophene rings is 1. The van der Waals surface area contributed by atoms with E-state index in [1.807, 2.05) is 13.0 Å². The lowest BCUT2D eigenvalue weighted by molar-refractivity contribution is 0.0601. The lowest BCUT2D eigenvalue weighted by Gasteiger charge is -2.07. The Balaban J connectivity index is 2.01. The van der Waals surface area contributed by atoms with E-state index in [1.165, 1.54) is 18.4 Å². The fourth-order valence-electron chi connectivity index (χ4n) is 2.48. The SMILES string of the molecule is COC(=O)c1c(NC(=O)c2cc3ccccc3oc2=N)sc(C)c1C. The first-order chi connectivity index (χ1) is 11.9. The molecule has 0 fully saturated rings. The summed E-state index contributed by atoms with van der Waals surface area (Å²) >= 11 is 1.29. The minimum Gasteiger partial charge on any atom is -0.465 e. The molecule has 0 unspecified atom stereocenters. The largest absolute Gasteiger partial charge is 0.465 e. The van der Waals surface area contributed by atoms with E-state index in [4.69, 9.17) is 14.6 Å². The van der Waals surface area contributed by atoms with Gasteiger partial charge in [0.15, 0.2) is 0 Å². The number of fused-ring (bicyclic) bond motifs is 1. The normalized spacial score (nSPS) is 10.7. The molecule has 1 aromatic carbocycles. The molecule has 0 aliphatic heterocycles. The number of esters is 1. The van der Waals surface area contributed by atoms with Gasteiger partial charge in [0.1, 0.15) is 16.1 Å². The second-order valence-electron chi connectivity index (χ2n) is 5.46. The minimum atomic E-state index is -0.508. The molecule has 2 N–H and O–H groups in total. The molecule has 3 aromatic rings. The molecular weight excluding hydrogens is 340 g/mol. The molecule has 0 radical (unpaired) electrons. The van der Waals surface area contributed by atoms with Gasteiger partial charge in [-0.25, -0.2) is 4.79 Å². The summed E-state index contributed by atoms with van der Waals surface area (Å²) in [6, 6.07) is 8.75. The van der Waals surface area contributed by atoms with Crippen molar-refractivity contribution in [2.45, 2.75) is 13.8 Å². The quantitative estimate of drug-likeness (QED) is 0.701. The summed E-state index contributed by atoms with van der Waals surface area (Å²) in [5.74, 6) is -1.02. The summed E-state index contributed by atoms with van der Waals surface area (Å²) in [5.41, 5.74) is 1.49. The Kier molecular flexibility index (Phi) is 4.41. The molecule has 25 heavy (non-hydrogen) atoms. The fraction of sp³-hybridized carbons (Fsp3) is 0.167. The van der Waals surface area contributed by atoms with E-state index in [2.05, 4.69) is 5.32 Å². The van der Waals surface area contributed by atoms with E-state index in [1.54, 1.807) is 31.2 Å². The molecule has 128 valence electrons. The van der Waals surface area contributed by atoms with Crippen LogP contribution in [0.3, 0.4) is 0 Å². The molecule has 0 bridgehead atoms. The molecule has 0 saturated heterocycles. The van der Waals surface area contributed by atoms with Crippen molar-refractivity contribution in [2.75, 3.05) is 12.4 Å². The van der Waals surface area contributed by atoms with E-state index in [9.17, 15) is 9.59 Å². The van der Waals surface area contributed by atoms with Gasteiger partial charge in [-0.3, -0.25) is 10.2 Å². The number of methoxy groups -OCH3 is 1. The van der Waals surface area contributed by atoms with Crippen molar-refractivity contribution < 1.29 is 18.7 Å². The number of nitrogens with one attached hydrogen (secondary N) is 2. The van der Waals surface area contributed by atoms with Crippen LogP contribution in [0.15, 0.2) is 34.7 Å². The predicted molar refractivity (Wildman–Crippen MR) is 95.2 cm³/mol. The van der Waals surface area contributed by atoms with Gasteiger partial charge in [-0.2, -0.15) is 0 Å². The molecule has 0 atom stereocenters. The van der Waals surface area contributed by atoms with E-state index in [-0.39, 0.29) is 11.1 Å². The molecule has 3 rings (SSSR count). The molecule has 7 heteroatoms. The van der Waals surface area contributed by atoms with Gasteiger partial charge < -0.3 is 14.5 Å². The number of carbonyl (C=O) groups excluding carboxylic acids is 2. The Morgan fingerprint density at radius 3 is 2.68 bits per heavy atom. The Bertz CT molecular complexity index is 1050. The van der Waals surface area contributed by atoms with Gasteiger partial charge in [0, 0.05) is 10.3 Å². The fourth-order valence-corrected chi connectivity index (χ4v) is 3.52. The van der Waals surface area contributed by atoms with Crippen molar-refractivity contribution in [3.05, 3.63) is 57.5 Å². The molecular formula is C18H16N2O4S. The van der Waals surface area contributed by atoms with Gasteiger partial charge in [-0.1, -0.05) is 18.2 Å². The second-order valence-corrected chi connectivity index (χ2v) is 6.68. The Hall–Kier alpha value is -2.93. The summed E-state index contributed by atoms with van der Waals surface area (Å²) in [6.07, 6.45) is 0. The summed E-state index contributed by atoms with van der Waals surface area (Å²) in [4.78, 5) is 25.5. The minimum absolute atomic E-state index is 0.0956. The monoisotopic (exact) mass is 356 g/mol. The van der Waals surface area contributed by atoms with Crippen molar-refractivity contribution in [1.82, 2.24) is 0 Å². The van der Waals surface area contributed by atoms with Crippen LogP contribution in [0.2, 0.25) is 0 Å². The second kappa shape index (κ2) is 6.52. The third-order valence-corrected chi connectivity index (χ3v) is 5.04. The Labute approximate surface area is 147 Å². The van der Waals surface area contributed by atoms with Gasteiger partial charge in [0.05, 0.1) is 12.7 Å². The summed E-state index contributed by atoms with van der Waals surface area (Å²) in [7, 11) is 1.30. The molecule has 6 nitrogen and oxygen atoms in total. The zero-order valence-electron chi connectivity index (χ0n) is 13.9. The predicted octanol–water partition coefficient (Wildman–Crippen LogP) is 3.63. The zero-order chi connectivity index (χ0) is 18.1. The van der Waals surface area contributed by atoms with Crippen LogP contribution in [0, 0.1) is 19.3 Å². The maximum Gasteiger partial charge on any atom is 0.341 e. The van der Waals surface area contributed by atoms with Crippen LogP contribution >= 0.6 is 11.3 Å².